The van der Waals surface area contributed by atoms with Crippen molar-refractivity contribution in [2.24, 2.45) is 0 Å². The van der Waals surface area contributed by atoms with Crippen molar-refractivity contribution in [1.29, 1.82) is 0 Å². The monoisotopic (exact) mass is 144 g/mol. The molecular formula is C4H10F2OS. The number of alkyl halides is 2. The Morgan fingerprint density at radius 2 is 2.00 bits per heavy atom. The predicted molar refractivity (Wildman–Crippen MR) is 32.3 cm³/mol. The Bertz CT molecular complexity index is 109. The summed E-state index contributed by atoms with van der Waals surface area (Å²) < 4.78 is 33.9. The average molecular weight is 144 g/mol. The van der Waals surface area contributed by atoms with Crippen LogP contribution < -0.4 is 0 Å². The van der Waals surface area contributed by atoms with Crippen LogP contribution in [-0.2, 0) is 9.93 Å². The third kappa shape index (κ3) is 2.35. The minimum absolute atomic E-state index is 1.13. The minimum Gasteiger partial charge on any atom is -0.282 e. The van der Waals surface area contributed by atoms with E-state index in [1.54, 1.807) is 0 Å². The van der Waals surface area contributed by atoms with Crippen molar-refractivity contribution in [3.63, 3.8) is 0 Å². The van der Waals surface area contributed by atoms with Crippen LogP contribution in [0.1, 0.15) is 0 Å². The van der Waals surface area contributed by atoms with Crippen LogP contribution in [0, 0.1) is 0 Å². The second-order valence-corrected chi connectivity index (χ2v) is 5.45. The molecule has 0 aliphatic heterocycles. The van der Waals surface area contributed by atoms with Gasteiger partial charge in [0.15, 0.2) is 5.50 Å². The second-order valence-electron chi connectivity index (χ2n) is 2.02. The summed E-state index contributed by atoms with van der Waals surface area (Å²) in [5, 5.41) is 0. The predicted octanol–water partition coefficient (Wildman–Crippen LogP) is 0.528. The Balaban J connectivity index is 3.82. The average Bonchev–Trinajstić information content (AvgIpc) is 1.62. The summed E-state index contributed by atoms with van der Waals surface area (Å²) in [5.41, 5.74) is -1.76. The maximum Gasteiger partial charge on any atom is 0.180 e. The van der Waals surface area contributed by atoms with Crippen LogP contribution in [0.25, 0.3) is 0 Å². The fraction of sp³-hybridized carbons (Fsp3) is 1.00. The van der Waals surface area contributed by atoms with Crippen LogP contribution in [0.5, 0.6) is 0 Å². The highest BCUT2D eigenvalue weighted by Crippen LogP contribution is 2.06. The van der Waals surface area contributed by atoms with E-state index in [9.17, 15) is 13.0 Å². The first-order valence-corrected chi connectivity index (χ1v) is 4.90. The third-order valence-corrected chi connectivity index (χ3v) is 2.29. The molecule has 0 aliphatic rings. The fourth-order valence-electron chi connectivity index (χ4n) is 0.166. The highest BCUT2D eigenvalue weighted by molar-refractivity contribution is 8.02. The molecule has 0 bridgehead atoms. The van der Waals surface area contributed by atoms with Gasteiger partial charge in [-0.1, -0.05) is 9.93 Å². The van der Waals surface area contributed by atoms with Gasteiger partial charge in [0.1, 0.15) is 6.67 Å². The van der Waals surface area contributed by atoms with Gasteiger partial charge in [0.25, 0.3) is 0 Å². The molecule has 1 nitrogen and oxygen atoms in total. The number of hydrogen-bond acceptors (Lipinski definition) is 1. The molecular weight excluding hydrogens is 134 g/mol. The molecule has 0 saturated heterocycles. The summed E-state index contributed by atoms with van der Waals surface area (Å²) >= 11 is 0. The third-order valence-electron chi connectivity index (χ3n) is 0.802. The summed E-state index contributed by atoms with van der Waals surface area (Å²) in [4.78, 5) is 0. The van der Waals surface area contributed by atoms with Crippen molar-refractivity contribution in [3.05, 3.63) is 0 Å². The van der Waals surface area contributed by atoms with E-state index in [1.807, 2.05) is 0 Å². The quantitative estimate of drug-likeness (QED) is 0.559. The van der Waals surface area contributed by atoms with Crippen molar-refractivity contribution in [3.8, 4) is 0 Å². The molecule has 0 N–H and O–H groups in total. The molecule has 0 aliphatic carbocycles. The van der Waals surface area contributed by atoms with Crippen LogP contribution in [0.15, 0.2) is 0 Å². The first-order valence-electron chi connectivity index (χ1n) is 2.23. The van der Waals surface area contributed by atoms with Gasteiger partial charge in [-0.3, -0.25) is 4.21 Å². The molecule has 0 aromatic carbocycles. The number of rotatable bonds is 2. The molecule has 0 amide bonds. The van der Waals surface area contributed by atoms with Crippen LogP contribution in [-0.4, -0.2) is 28.9 Å². The zero-order valence-corrected chi connectivity index (χ0v) is 5.79. The molecule has 4 heteroatoms. The van der Waals surface area contributed by atoms with E-state index in [2.05, 4.69) is 0 Å². The van der Waals surface area contributed by atoms with Crippen LogP contribution in [0.3, 0.4) is 0 Å². The van der Waals surface area contributed by atoms with Crippen molar-refractivity contribution in [1.82, 2.24) is 0 Å². The molecule has 0 aromatic rings. The van der Waals surface area contributed by atoms with Crippen LogP contribution in [0.2, 0.25) is 0 Å². The maximum absolute atomic E-state index is 12.0. The summed E-state index contributed by atoms with van der Waals surface area (Å²) in [6.07, 6.45) is 2.47. The van der Waals surface area contributed by atoms with Gasteiger partial charge in [-0.05, 0) is 12.5 Å². The smallest absolute Gasteiger partial charge is 0.180 e. The number of halogens is 2. The molecule has 0 unspecified atom stereocenters. The van der Waals surface area contributed by atoms with E-state index in [0.29, 0.717) is 0 Å². The van der Waals surface area contributed by atoms with E-state index in [1.165, 1.54) is 12.5 Å². The molecule has 8 heavy (non-hydrogen) atoms. The van der Waals surface area contributed by atoms with Gasteiger partial charge in [-0.15, -0.1) is 0 Å². The van der Waals surface area contributed by atoms with E-state index >= 15 is 0 Å². The Labute approximate surface area is 48.5 Å². The minimum atomic E-state index is -2.80. The molecule has 0 radical (unpaired) electrons. The maximum atomic E-state index is 12.0. The number of hydrogen-bond donors (Lipinski definition) is 1. The molecule has 0 saturated carbocycles. The zero-order valence-electron chi connectivity index (χ0n) is 4.90. The van der Waals surface area contributed by atoms with Gasteiger partial charge < -0.3 is 0 Å². The first-order chi connectivity index (χ1) is 3.48. The van der Waals surface area contributed by atoms with Gasteiger partial charge in [-0.2, -0.15) is 0 Å². The normalized spacial score (nSPS) is 18.0. The largest absolute Gasteiger partial charge is 0.282 e. The summed E-state index contributed by atoms with van der Waals surface area (Å²) in [6.45, 7) is -1.13. The Kier molecular flexibility index (Phi) is 2.53. The zero-order chi connectivity index (χ0) is 6.78. The Morgan fingerprint density at radius 1 is 1.62 bits per heavy atom. The molecule has 1 atom stereocenters. The van der Waals surface area contributed by atoms with Crippen LogP contribution >= 0.6 is 0 Å². The SMILES string of the molecule is C[SH](C)(=O)[C@H](F)CF. The van der Waals surface area contributed by atoms with Gasteiger partial charge in [0.05, 0.1) is 0 Å². The van der Waals surface area contributed by atoms with Gasteiger partial charge >= 0.3 is 0 Å². The van der Waals surface area contributed by atoms with E-state index in [4.69, 9.17) is 0 Å². The van der Waals surface area contributed by atoms with Crippen molar-refractivity contribution >= 4 is 9.93 Å². The van der Waals surface area contributed by atoms with Crippen molar-refractivity contribution in [2.45, 2.75) is 5.50 Å². The summed E-state index contributed by atoms with van der Waals surface area (Å²) in [5.74, 6) is 0. The summed E-state index contributed by atoms with van der Waals surface area (Å²) in [7, 11) is -2.80. The van der Waals surface area contributed by atoms with Gasteiger partial charge in [0, 0.05) is 0 Å². The molecule has 0 spiro atoms. The topological polar surface area (TPSA) is 17.1 Å². The molecule has 0 heterocycles. The standard InChI is InChI=1S/C4H10F2OS/c1-8(2,7)4(6)3-5/h4,8H,3H2,1-2H3/t4-/m0/s1. The Morgan fingerprint density at radius 3 is 2.00 bits per heavy atom. The van der Waals surface area contributed by atoms with Crippen molar-refractivity contribution < 1.29 is 13.0 Å². The molecule has 52 valence electrons. The molecule has 0 fully saturated rings. The van der Waals surface area contributed by atoms with E-state index < -0.39 is 22.1 Å². The fourth-order valence-corrected chi connectivity index (χ4v) is 0.499. The van der Waals surface area contributed by atoms with Gasteiger partial charge in [-0.25, -0.2) is 8.78 Å². The van der Waals surface area contributed by atoms with E-state index in [-0.39, 0.29) is 0 Å². The molecule has 0 rings (SSSR count). The first kappa shape index (κ1) is 8.01. The highest BCUT2D eigenvalue weighted by atomic mass is 32.2. The lowest BCUT2D eigenvalue weighted by atomic mass is 10.9. The number of thiol groups is 1. The second kappa shape index (κ2) is 2.53. The Hall–Kier alpha value is 0.01000. The van der Waals surface area contributed by atoms with Crippen LogP contribution in [0.4, 0.5) is 8.78 Å². The highest BCUT2D eigenvalue weighted by Gasteiger charge is 2.15. The summed E-state index contributed by atoms with van der Waals surface area (Å²) in [6, 6.07) is 0. The lowest BCUT2D eigenvalue weighted by Gasteiger charge is -2.13. The van der Waals surface area contributed by atoms with Crippen molar-refractivity contribution in [2.75, 3.05) is 19.2 Å². The molecule has 0 aromatic heterocycles. The van der Waals surface area contributed by atoms with E-state index in [0.717, 1.165) is 0 Å². The lowest BCUT2D eigenvalue weighted by Crippen LogP contribution is -2.22. The lowest BCUT2D eigenvalue weighted by molar-refractivity contribution is 0.339. The van der Waals surface area contributed by atoms with Gasteiger partial charge in [0.2, 0.25) is 0 Å².